The van der Waals surface area contributed by atoms with Gasteiger partial charge in [-0.05, 0) is 44.0 Å². The van der Waals surface area contributed by atoms with Crippen LogP contribution in [0.2, 0.25) is 0 Å². The molecule has 2 rings (SSSR count). The van der Waals surface area contributed by atoms with Crippen molar-refractivity contribution in [2.45, 2.75) is 45.9 Å². The summed E-state index contributed by atoms with van der Waals surface area (Å²) in [5.74, 6) is -0.177. The van der Waals surface area contributed by atoms with Crippen LogP contribution in [0.1, 0.15) is 50.5 Å². The zero-order chi connectivity index (χ0) is 15.4. The molecule has 21 heavy (non-hydrogen) atoms. The fraction of sp³-hybridized carbons (Fsp3) is 0.438. The molecule has 0 amide bonds. The summed E-state index contributed by atoms with van der Waals surface area (Å²) in [5.41, 5.74) is 7.26. The lowest BCUT2D eigenvalue weighted by atomic mass is 10.1. The third-order valence-corrected chi connectivity index (χ3v) is 3.56. The van der Waals surface area contributed by atoms with E-state index in [0.717, 1.165) is 17.7 Å². The number of halogens is 1. The summed E-state index contributed by atoms with van der Waals surface area (Å²) >= 11 is 0. The maximum atomic E-state index is 13.9. The molecule has 114 valence electrons. The van der Waals surface area contributed by atoms with Gasteiger partial charge in [0.05, 0.1) is 5.69 Å². The maximum absolute atomic E-state index is 13.9. The fourth-order valence-corrected chi connectivity index (χ4v) is 1.96. The Balaban J connectivity index is 2.01. The first-order valence-corrected chi connectivity index (χ1v) is 7.23. The molecule has 4 nitrogen and oxygen atoms in total. The van der Waals surface area contributed by atoms with Gasteiger partial charge >= 0.3 is 0 Å². The summed E-state index contributed by atoms with van der Waals surface area (Å²) in [7, 11) is 0. The Morgan fingerprint density at radius 3 is 2.71 bits per heavy atom. The number of ether oxygens (including phenoxy) is 1. The molecule has 1 heterocycles. The fourth-order valence-electron chi connectivity index (χ4n) is 1.96. The topological polar surface area (TPSA) is 53.1 Å². The third kappa shape index (κ3) is 3.82. The normalized spacial score (nSPS) is 14.0. The zero-order valence-electron chi connectivity index (χ0n) is 12.7. The van der Waals surface area contributed by atoms with E-state index < -0.39 is 5.82 Å². The standard InChI is InChI=1S/C16H22FN3O/c1-4-11(2)20-8-7-14(19-20)10-21-16-6-5-13(12(3)18)9-15(16)17/h5-9,11-12H,4,10,18H2,1-3H3/t11?,12-/m1/s1. The SMILES string of the molecule is CCC(C)n1ccc(COc2ccc([C@@H](C)N)cc2F)n1. The van der Waals surface area contributed by atoms with E-state index in [-0.39, 0.29) is 18.4 Å². The van der Waals surface area contributed by atoms with Gasteiger partial charge in [0.25, 0.3) is 0 Å². The van der Waals surface area contributed by atoms with Crippen LogP contribution in [0.3, 0.4) is 0 Å². The first-order chi connectivity index (χ1) is 10.0. The second-order valence-corrected chi connectivity index (χ2v) is 5.31. The highest BCUT2D eigenvalue weighted by Crippen LogP contribution is 2.22. The molecule has 1 aromatic carbocycles. The molecule has 2 aromatic rings. The molecular formula is C16H22FN3O. The van der Waals surface area contributed by atoms with E-state index in [2.05, 4.69) is 18.9 Å². The van der Waals surface area contributed by atoms with Gasteiger partial charge in [-0.1, -0.05) is 13.0 Å². The largest absolute Gasteiger partial charge is 0.484 e. The summed E-state index contributed by atoms with van der Waals surface area (Å²) in [4.78, 5) is 0. The Labute approximate surface area is 124 Å². The van der Waals surface area contributed by atoms with Crippen LogP contribution in [0.4, 0.5) is 4.39 Å². The predicted molar refractivity (Wildman–Crippen MR) is 80.6 cm³/mol. The smallest absolute Gasteiger partial charge is 0.165 e. The van der Waals surface area contributed by atoms with Gasteiger partial charge in [0.2, 0.25) is 0 Å². The molecule has 0 radical (unpaired) electrons. The summed E-state index contributed by atoms with van der Waals surface area (Å²) in [5, 5.41) is 4.42. The van der Waals surface area contributed by atoms with Crippen molar-refractivity contribution in [3.8, 4) is 5.75 Å². The van der Waals surface area contributed by atoms with Crippen molar-refractivity contribution in [2.24, 2.45) is 5.73 Å². The molecule has 0 fully saturated rings. The van der Waals surface area contributed by atoms with Crippen molar-refractivity contribution in [2.75, 3.05) is 0 Å². The van der Waals surface area contributed by atoms with Gasteiger partial charge in [-0.25, -0.2) is 4.39 Å². The number of nitrogens with zero attached hydrogens (tertiary/aromatic N) is 2. The maximum Gasteiger partial charge on any atom is 0.165 e. The van der Waals surface area contributed by atoms with Crippen LogP contribution in [0, 0.1) is 5.82 Å². The van der Waals surface area contributed by atoms with Crippen LogP contribution in [0.15, 0.2) is 30.5 Å². The zero-order valence-corrected chi connectivity index (χ0v) is 12.7. The van der Waals surface area contributed by atoms with Crippen LogP contribution in [-0.4, -0.2) is 9.78 Å². The van der Waals surface area contributed by atoms with Gasteiger partial charge in [0.15, 0.2) is 11.6 Å². The molecular weight excluding hydrogens is 269 g/mol. The van der Waals surface area contributed by atoms with Crippen molar-refractivity contribution in [3.05, 3.63) is 47.5 Å². The average molecular weight is 291 g/mol. The first-order valence-electron chi connectivity index (χ1n) is 7.23. The van der Waals surface area contributed by atoms with Crippen molar-refractivity contribution in [1.82, 2.24) is 9.78 Å². The molecule has 0 bridgehead atoms. The van der Waals surface area contributed by atoms with Crippen LogP contribution in [0.25, 0.3) is 0 Å². The van der Waals surface area contributed by atoms with Gasteiger partial charge in [0.1, 0.15) is 6.61 Å². The Morgan fingerprint density at radius 2 is 2.10 bits per heavy atom. The summed E-state index contributed by atoms with van der Waals surface area (Å²) in [6.45, 7) is 6.27. The Bertz CT molecular complexity index is 595. The van der Waals surface area contributed by atoms with E-state index in [0.29, 0.717) is 6.04 Å². The van der Waals surface area contributed by atoms with Gasteiger partial charge in [-0.3, -0.25) is 4.68 Å². The molecule has 2 N–H and O–H groups in total. The van der Waals surface area contributed by atoms with E-state index in [4.69, 9.17) is 10.5 Å². The van der Waals surface area contributed by atoms with Crippen LogP contribution >= 0.6 is 0 Å². The minimum absolute atomic E-state index is 0.195. The molecule has 0 aliphatic heterocycles. The molecule has 0 spiro atoms. The second kappa shape index (κ2) is 6.72. The van der Waals surface area contributed by atoms with Gasteiger partial charge in [-0.2, -0.15) is 5.10 Å². The lowest BCUT2D eigenvalue weighted by Gasteiger charge is -2.10. The third-order valence-electron chi connectivity index (χ3n) is 3.56. The number of benzene rings is 1. The lowest BCUT2D eigenvalue weighted by molar-refractivity contribution is 0.283. The highest BCUT2D eigenvalue weighted by molar-refractivity contribution is 5.30. The highest BCUT2D eigenvalue weighted by atomic mass is 19.1. The Kier molecular flexibility index (Phi) is 4.96. The van der Waals surface area contributed by atoms with E-state index in [1.165, 1.54) is 6.07 Å². The number of rotatable bonds is 6. The van der Waals surface area contributed by atoms with Gasteiger partial charge < -0.3 is 10.5 Å². The minimum atomic E-state index is -0.397. The summed E-state index contributed by atoms with van der Waals surface area (Å²) in [6, 6.07) is 6.85. The number of hydrogen-bond acceptors (Lipinski definition) is 3. The van der Waals surface area contributed by atoms with Gasteiger partial charge in [-0.15, -0.1) is 0 Å². The van der Waals surface area contributed by atoms with E-state index in [9.17, 15) is 4.39 Å². The predicted octanol–water partition coefficient (Wildman–Crippen LogP) is 3.59. The number of hydrogen-bond donors (Lipinski definition) is 1. The molecule has 0 saturated carbocycles. The second-order valence-electron chi connectivity index (χ2n) is 5.31. The van der Waals surface area contributed by atoms with Crippen molar-refractivity contribution >= 4 is 0 Å². The molecule has 1 aromatic heterocycles. The summed E-state index contributed by atoms with van der Waals surface area (Å²) < 4.78 is 21.3. The molecule has 5 heteroatoms. The monoisotopic (exact) mass is 291 g/mol. The van der Waals surface area contributed by atoms with Crippen LogP contribution < -0.4 is 10.5 Å². The first kappa shape index (κ1) is 15.5. The van der Waals surface area contributed by atoms with Crippen molar-refractivity contribution in [3.63, 3.8) is 0 Å². The quantitative estimate of drug-likeness (QED) is 0.885. The highest BCUT2D eigenvalue weighted by Gasteiger charge is 2.09. The Hall–Kier alpha value is -1.88. The van der Waals surface area contributed by atoms with E-state index >= 15 is 0 Å². The lowest BCUT2D eigenvalue weighted by Crippen LogP contribution is -2.07. The van der Waals surface area contributed by atoms with Crippen LogP contribution in [0.5, 0.6) is 5.75 Å². The van der Waals surface area contributed by atoms with Gasteiger partial charge in [0, 0.05) is 18.3 Å². The van der Waals surface area contributed by atoms with E-state index in [1.54, 1.807) is 12.1 Å². The summed E-state index contributed by atoms with van der Waals surface area (Å²) in [6.07, 6.45) is 2.93. The Morgan fingerprint density at radius 1 is 1.33 bits per heavy atom. The molecule has 0 aliphatic carbocycles. The van der Waals surface area contributed by atoms with E-state index in [1.807, 2.05) is 23.9 Å². The number of nitrogens with two attached hydrogens (primary N) is 1. The average Bonchev–Trinajstić information content (AvgIpc) is 2.93. The molecule has 0 saturated heterocycles. The molecule has 1 unspecified atom stereocenters. The minimum Gasteiger partial charge on any atom is -0.484 e. The van der Waals surface area contributed by atoms with Crippen molar-refractivity contribution < 1.29 is 9.13 Å². The van der Waals surface area contributed by atoms with Crippen LogP contribution in [-0.2, 0) is 6.61 Å². The van der Waals surface area contributed by atoms with Crippen molar-refractivity contribution in [1.29, 1.82) is 0 Å². The number of aromatic nitrogens is 2. The molecule has 2 atom stereocenters. The molecule has 0 aliphatic rings.